The van der Waals surface area contributed by atoms with E-state index in [9.17, 15) is 18.8 Å². The van der Waals surface area contributed by atoms with Crippen LogP contribution in [0.5, 0.6) is 0 Å². The summed E-state index contributed by atoms with van der Waals surface area (Å²) in [6, 6.07) is 9.14. The number of halogens is 1. The zero-order valence-corrected chi connectivity index (χ0v) is 24.1. The molecule has 1 fully saturated rings. The number of benzene rings is 2. The molecule has 0 atom stereocenters. The molecule has 0 unspecified atom stereocenters. The summed E-state index contributed by atoms with van der Waals surface area (Å²) in [5.41, 5.74) is 1.00. The van der Waals surface area contributed by atoms with Crippen LogP contribution in [-0.2, 0) is 9.47 Å². The Morgan fingerprint density at radius 3 is 2.17 bits per heavy atom. The highest BCUT2D eigenvalue weighted by Crippen LogP contribution is 2.26. The van der Waals surface area contributed by atoms with Crippen molar-refractivity contribution in [3.05, 3.63) is 54.1 Å². The van der Waals surface area contributed by atoms with Crippen molar-refractivity contribution in [1.82, 2.24) is 14.9 Å². The van der Waals surface area contributed by atoms with Crippen LogP contribution in [0.15, 0.2) is 42.6 Å². The standard InChI is InChI=1S/C29H35FN6O5/c1-28(2,3)40-26(38)34-23-15-18(30)7-9-21(23)33-25(37)24-17-31-22-16-19(8-10-20(22)32-24)35-11-13-36(14-12-35)27(39)41-29(4,5)6/h7-10,15-17H,11-14H2,1-6H3,(H,33,37)(H,34,38). The fraction of sp³-hybridized carbons (Fsp3) is 0.414. The fourth-order valence-electron chi connectivity index (χ4n) is 4.11. The lowest BCUT2D eigenvalue weighted by Gasteiger charge is -2.36. The van der Waals surface area contributed by atoms with Crippen molar-refractivity contribution >= 4 is 46.2 Å². The van der Waals surface area contributed by atoms with Crippen LogP contribution in [0, 0.1) is 5.82 Å². The molecule has 0 aliphatic carbocycles. The number of carbonyl (C=O) groups excluding carboxylic acids is 3. The predicted octanol–water partition coefficient (Wildman–Crippen LogP) is 5.43. The van der Waals surface area contributed by atoms with E-state index in [-0.39, 0.29) is 23.2 Å². The minimum Gasteiger partial charge on any atom is -0.444 e. The fourth-order valence-corrected chi connectivity index (χ4v) is 4.11. The molecule has 0 saturated carbocycles. The second-order valence-corrected chi connectivity index (χ2v) is 11.7. The van der Waals surface area contributed by atoms with E-state index in [4.69, 9.17) is 9.47 Å². The summed E-state index contributed by atoms with van der Waals surface area (Å²) in [5, 5.41) is 5.11. The van der Waals surface area contributed by atoms with Crippen molar-refractivity contribution in [3.8, 4) is 0 Å². The highest BCUT2D eigenvalue weighted by molar-refractivity contribution is 6.06. The molecular formula is C29H35FN6O5. The van der Waals surface area contributed by atoms with Gasteiger partial charge in [0.25, 0.3) is 5.91 Å². The number of rotatable bonds is 4. The molecule has 3 aromatic rings. The molecule has 0 spiro atoms. The van der Waals surface area contributed by atoms with Gasteiger partial charge in [0.05, 0.1) is 28.6 Å². The number of fused-ring (bicyclic) bond motifs is 1. The van der Waals surface area contributed by atoms with E-state index in [1.54, 1.807) is 31.7 Å². The number of amides is 3. The average molecular weight is 567 g/mol. The van der Waals surface area contributed by atoms with Crippen molar-refractivity contribution in [2.75, 3.05) is 41.7 Å². The van der Waals surface area contributed by atoms with E-state index in [1.165, 1.54) is 12.3 Å². The summed E-state index contributed by atoms with van der Waals surface area (Å²) in [5.74, 6) is -1.18. The van der Waals surface area contributed by atoms with Crippen LogP contribution in [0.25, 0.3) is 11.0 Å². The van der Waals surface area contributed by atoms with E-state index in [1.807, 2.05) is 32.9 Å². The van der Waals surface area contributed by atoms with Crippen LogP contribution in [0.4, 0.5) is 31.0 Å². The molecule has 2 heterocycles. The third-order valence-electron chi connectivity index (χ3n) is 5.92. The average Bonchev–Trinajstić information content (AvgIpc) is 2.87. The van der Waals surface area contributed by atoms with Gasteiger partial charge in [-0.3, -0.25) is 15.1 Å². The third-order valence-corrected chi connectivity index (χ3v) is 5.92. The first-order chi connectivity index (χ1) is 19.2. The normalized spacial score (nSPS) is 14.0. The Hall–Kier alpha value is -4.48. The van der Waals surface area contributed by atoms with Gasteiger partial charge in [0.2, 0.25) is 0 Å². The maximum atomic E-state index is 13.9. The van der Waals surface area contributed by atoms with Crippen molar-refractivity contribution in [1.29, 1.82) is 0 Å². The Labute approximate surface area is 238 Å². The maximum absolute atomic E-state index is 13.9. The van der Waals surface area contributed by atoms with Gasteiger partial charge >= 0.3 is 12.2 Å². The lowest BCUT2D eigenvalue weighted by atomic mass is 10.2. The summed E-state index contributed by atoms with van der Waals surface area (Å²) < 4.78 is 24.6. The van der Waals surface area contributed by atoms with Gasteiger partial charge in [-0.25, -0.2) is 19.0 Å². The number of piperazine rings is 1. The molecule has 3 amide bonds. The summed E-state index contributed by atoms with van der Waals surface area (Å²) in [6.07, 6.45) is 0.249. The van der Waals surface area contributed by atoms with Gasteiger partial charge in [-0.2, -0.15) is 0 Å². The first kappa shape index (κ1) is 29.5. The minimum atomic E-state index is -0.786. The number of nitrogens with zero attached hydrogens (tertiary/aromatic N) is 4. The second-order valence-electron chi connectivity index (χ2n) is 11.7. The summed E-state index contributed by atoms with van der Waals surface area (Å²) >= 11 is 0. The van der Waals surface area contributed by atoms with E-state index in [2.05, 4.69) is 25.5 Å². The van der Waals surface area contributed by atoms with Crippen LogP contribution in [0.2, 0.25) is 0 Å². The lowest BCUT2D eigenvalue weighted by molar-refractivity contribution is 0.0240. The topological polar surface area (TPSA) is 126 Å². The van der Waals surface area contributed by atoms with Crippen molar-refractivity contribution in [2.45, 2.75) is 52.7 Å². The van der Waals surface area contributed by atoms with Crippen molar-refractivity contribution in [2.24, 2.45) is 0 Å². The SMILES string of the molecule is CC(C)(C)OC(=O)Nc1cc(F)ccc1NC(=O)c1cnc2cc(N3CCN(C(=O)OC(C)(C)C)CC3)ccc2n1. The minimum absolute atomic E-state index is 0.0396. The summed E-state index contributed by atoms with van der Waals surface area (Å²) in [7, 11) is 0. The van der Waals surface area contributed by atoms with Crippen molar-refractivity contribution < 1.29 is 28.2 Å². The molecule has 1 aliphatic heterocycles. The monoisotopic (exact) mass is 566 g/mol. The van der Waals surface area contributed by atoms with Crippen LogP contribution >= 0.6 is 0 Å². The lowest BCUT2D eigenvalue weighted by Crippen LogP contribution is -2.50. The number of carbonyl (C=O) groups is 3. The molecule has 11 nitrogen and oxygen atoms in total. The largest absolute Gasteiger partial charge is 0.444 e. The Bertz CT molecular complexity index is 1460. The van der Waals surface area contributed by atoms with Crippen LogP contribution < -0.4 is 15.5 Å². The highest BCUT2D eigenvalue weighted by atomic mass is 19.1. The van der Waals surface area contributed by atoms with Gasteiger partial charge in [0, 0.05) is 31.9 Å². The number of anilines is 3. The molecule has 0 bridgehead atoms. The van der Waals surface area contributed by atoms with E-state index >= 15 is 0 Å². The number of hydrogen-bond acceptors (Lipinski definition) is 8. The van der Waals surface area contributed by atoms with Gasteiger partial charge in [-0.15, -0.1) is 0 Å². The van der Waals surface area contributed by atoms with Gasteiger partial charge in [-0.1, -0.05) is 0 Å². The van der Waals surface area contributed by atoms with Gasteiger partial charge in [0.1, 0.15) is 22.7 Å². The molecule has 218 valence electrons. The van der Waals surface area contributed by atoms with Gasteiger partial charge < -0.3 is 24.6 Å². The van der Waals surface area contributed by atoms with E-state index in [0.717, 1.165) is 17.8 Å². The zero-order chi connectivity index (χ0) is 29.9. The molecule has 41 heavy (non-hydrogen) atoms. The molecule has 2 N–H and O–H groups in total. The number of hydrogen-bond donors (Lipinski definition) is 2. The smallest absolute Gasteiger partial charge is 0.412 e. The quantitative estimate of drug-likeness (QED) is 0.429. The molecule has 1 aliphatic rings. The molecule has 12 heteroatoms. The van der Waals surface area contributed by atoms with Gasteiger partial charge in [-0.05, 0) is 77.9 Å². The third kappa shape index (κ3) is 8.03. The first-order valence-corrected chi connectivity index (χ1v) is 13.3. The summed E-state index contributed by atoms with van der Waals surface area (Å²) in [6.45, 7) is 13.0. The zero-order valence-electron chi connectivity index (χ0n) is 24.1. The highest BCUT2D eigenvalue weighted by Gasteiger charge is 2.26. The molecule has 4 rings (SSSR count). The molecule has 2 aromatic carbocycles. The molecule has 1 saturated heterocycles. The summed E-state index contributed by atoms with van der Waals surface area (Å²) in [4.78, 5) is 50.3. The van der Waals surface area contributed by atoms with Gasteiger partial charge in [0.15, 0.2) is 0 Å². The first-order valence-electron chi connectivity index (χ1n) is 13.3. The number of aromatic nitrogens is 2. The van der Waals surface area contributed by atoms with Crippen LogP contribution in [0.1, 0.15) is 52.0 Å². The Morgan fingerprint density at radius 2 is 1.51 bits per heavy atom. The number of ether oxygens (including phenoxy) is 2. The maximum Gasteiger partial charge on any atom is 0.412 e. The Balaban J connectivity index is 1.43. The Kier molecular flexibility index (Phi) is 8.32. The van der Waals surface area contributed by atoms with Crippen molar-refractivity contribution in [3.63, 3.8) is 0 Å². The van der Waals surface area contributed by atoms with Crippen LogP contribution in [-0.4, -0.2) is 70.3 Å². The predicted molar refractivity (Wildman–Crippen MR) is 154 cm³/mol. The van der Waals surface area contributed by atoms with Crippen LogP contribution in [0.3, 0.4) is 0 Å². The molecule has 1 aromatic heterocycles. The molecule has 0 radical (unpaired) electrons. The second kappa shape index (κ2) is 11.6. The van der Waals surface area contributed by atoms with E-state index in [0.29, 0.717) is 37.2 Å². The Morgan fingerprint density at radius 1 is 0.829 bits per heavy atom. The number of nitrogens with one attached hydrogen (secondary N) is 2. The van der Waals surface area contributed by atoms with E-state index < -0.39 is 29.0 Å². The molecular weight excluding hydrogens is 531 g/mol.